The van der Waals surface area contributed by atoms with E-state index in [0.717, 1.165) is 21.8 Å². The molecule has 0 atom stereocenters. The molecule has 29 heavy (non-hydrogen) atoms. The van der Waals surface area contributed by atoms with Crippen LogP contribution in [0.25, 0.3) is 0 Å². The monoisotopic (exact) mass is 428 g/mol. The lowest BCUT2D eigenvalue weighted by molar-refractivity contribution is -0.117. The molecular formula is C20H13ClN2O5S. The molecule has 0 spiro atoms. The maximum Gasteiger partial charge on any atom is 0.346 e. The Hall–Kier alpha value is -3.23. The standard InChI is InChI=1S/C20H13ClN2O5S/c21-14-4-3-13(28-9-11-2-1-5-22-8-11)7-15(14)23-16(24)6-12-10-29-18(20(26)27)17(12)19(23)25/h1-5,7-8,10H,6,9H2,(H,26,27). The van der Waals surface area contributed by atoms with Gasteiger partial charge in [0.25, 0.3) is 5.91 Å². The highest BCUT2D eigenvalue weighted by atomic mass is 35.5. The normalized spacial score (nSPS) is 13.3. The van der Waals surface area contributed by atoms with Crippen LogP contribution in [-0.2, 0) is 17.8 Å². The molecule has 3 heterocycles. The number of aromatic nitrogens is 1. The third kappa shape index (κ3) is 3.59. The molecular weight excluding hydrogens is 416 g/mol. The first kappa shape index (κ1) is 19.1. The summed E-state index contributed by atoms with van der Waals surface area (Å²) in [5, 5.41) is 11.1. The van der Waals surface area contributed by atoms with E-state index >= 15 is 0 Å². The number of carbonyl (C=O) groups excluding carboxylic acids is 2. The first-order valence-electron chi connectivity index (χ1n) is 8.48. The van der Waals surface area contributed by atoms with Gasteiger partial charge in [0.15, 0.2) is 0 Å². The Morgan fingerprint density at radius 2 is 2.14 bits per heavy atom. The zero-order chi connectivity index (χ0) is 20.5. The molecule has 1 N–H and O–H groups in total. The van der Waals surface area contributed by atoms with Gasteiger partial charge >= 0.3 is 5.97 Å². The predicted molar refractivity (Wildman–Crippen MR) is 107 cm³/mol. The molecule has 0 bridgehead atoms. The second-order valence-corrected chi connectivity index (χ2v) is 7.53. The van der Waals surface area contributed by atoms with E-state index in [0.29, 0.717) is 11.3 Å². The number of pyridine rings is 1. The number of hydrogen-bond acceptors (Lipinski definition) is 6. The molecule has 2 amide bonds. The van der Waals surface area contributed by atoms with Crippen molar-refractivity contribution < 1.29 is 24.2 Å². The first-order valence-corrected chi connectivity index (χ1v) is 9.73. The number of hydrogen-bond donors (Lipinski definition) is 1. The van der Waals surface area contributed by atoms with Crippen LogP contribution < -0.4 is 9.64 Å². The summed E-state index contributed by atoms with van der Waals surface area (Å²) in [6, 6.07) is 8.28. The number of fused-ring (bicyclic) bond motifs is 1. The van der Waals surface area contributed by atoms with Crippen LogP contribution >= 0.6 is 22.9 Å². The van der Waals surface area contributed by atoms with E-state index in [9.17, 15) is 19.5 Å². The second kappa shape index (κ2) is 7.65. The number of thiophene rings is 1. The molecule has 1 aliphatic heterocycles. The first-order chi connectivity index (χ1) is 14.0. The number of anilines is 1. The molecule has 2 aromatic heterocycles. The summed E-state index contributed by atoms with van der Waals surface area (Å²) in [5.74, 6) is -1.99. The molecule has 0 radical (unpaired) electrons. The van der Waals surface area contributed by atoms with E-state index in [4.69, 9.17) is 16.3 Å². The van der Waals surface area contributed by atoms with Gasteiger partial charge in [-0.25, -0.2) is 9.69 Å². The van der Waals surface area contributed by atoms with E-state index in [2.05, 4.69) is 4.98 Å². The molecule has 4 rings (SSSR count). The van der Waals surface area contributed by atoms with Crippen molar-refractivity contribution in [2.45, 2.75) is 13.0 Å². The maximum absolute atomic E-state index is 13.0. The van der Waals surface area contributed by atoms with Gasteiger partial charge in [0.05, 0.1) is 22.7 Å². The van der Waals surface area contributed by atoms with Gasteiger partial charge in [-0.3, -0.25) is 14.6 Å². The summed E-state index contributed by atoms with van der Waals surface area (Å²) < 4.78 is 5.73. The largest absolute Gasteiger partial charge is 0.489 e. The number of benzene rings is 1. The minimum Gasteiger partial charge on any atom is -0.489 e. The highest BCUT2D eigenvalue weighted by Crippen LogP contribution is 2.36. The summed E-state index contributed by atoms with van der Waals surface area (Å²) in [4.78, 5) is 41.9. The topological polar surface area (TPSA) is 96.8 Å². The average Bonchev–Trinajstić information content (AvgIpc) is 3.13. The number of carboxylic acids is 1. The Balaban J connectivity index is 1.66. The van der Waals surface area contributed by atoms with Crippen molar-refractivity contribution in [1.82, 2.24) is 4.98 Å². The van der Waals surface area contributed by atoms with Crippen LogP contribution in [0.2, 0.25) is 5.02 Å². The highest BCUT2D eigenvalue weighted by Gasteiger charge is 2.37. The number of nitrogens with zero attached hydrogens (tertiary/aromatic N) is 2. The molecule has 0 saturated heterocycles. The second-order valence-electron chi connectivity index (χ2n) is 6.24. The number of halogens is 1. The van der Waals surface area contributed by atoms with Gasteiger partial charge in [-0.05, 0) is 29.1 Å². The van der Waals surface area contributed by atoms with Gasteiger partial charge in [-0.15, -0.1) is 11.3 Å². The molecule has 0 saturated carbocycles. The van der Waals surface area contributed by atoms with Crippen molar-refractivity contribution in [3.05, 3.63) is 74.7 Å². The predicted octanol–water partition coefficient (Wildman–Crippen LogP) is 3.80. The fourth-order valence-corrected chi connectivity index (χ4v) is 4.13. The quantitative estimate of drug-likeness (QED) is 0.621. The fraction of sp³-hybridized carbons (Fsp3) is 0.100. The minimum absolute atomic E-state index is 0.0276. The third-order valence-corrected chi connectivity index (χ3v) is 5.69. The molecule has 1 aromatic carbocycles. The fourth-order valence-electron chi connectivity index (χ4n) is 3.03. The van der Waals surface area contributed by atoms with Crippen LogP contribution in [0.4, 0.5) is 5.69 Å². The van der Waals surface area contributed by atoms with Crippen molar-refractivity contribution in [2.24, 2.45) is 0 Å². The molecule has 7 nitrogen and oxygen atoms in total. The van der Waals surface area contributed by atoms with Crippen LogP contribution in [0, 0.1) is 0 Å². The van der Waals surface area contributed by atoms with Crippen LogP contribution in [0.1, 0.15) is 31.2 Å². The van der Waals surface area contributed by atoms with Gasteiger partial charge in [-0.1, -0.05) is 17.7 Å². The highest BCUT2D eigenvalue weighted by molar-refractivity contribution is 7.12. The summed E-state index contributed by atoms with van der Waals surface area (Å²) in [6.07, 6.45) is 3.24. The van der Waals surface area contributed by atoms with Gasteiger partial charge in [0, 0.05) is 24.0 Å². The van der Waals surface area contributed by atoms with Crippen LogP contribution in [0.15, 0.2) is 48.1 Å². The maximum atomic E-state index is 13.0. The van der Waals surface area contributed by atoms with Gasteiger partial charge < -0.3 is 9.84 Å². The van der Waals surface area contributed by atoms with Crippen molar-refractivity contribution in [1.29, 1.82) is 0 Å². The SMILES string of the molecule is O=C(O)c1scc2c1C(=O)N(c1cc(OCc3cccnc3)ccc1Cl)C(=O)C2. The van der Waals surface area contributed by atoms with Crippen molar-refractivity contribution in [2.75, 3.05) is 4.90 Å². The number of ether oxygens (including phenoxy) is 1. The van der Waals surface area contributed by atoms with Crippen LogP contribution in [-0.4, -0.2) is 27.9 Å². The molecule has 3 aromatic rings. The van der Waals surface area contributed by atoms with Gasteiger partial charge in [0.2, 0.25) is 5.91 Å². The van der Waals surface area contributed by atoms with E-state index in [1.165, 1.54) is 17.5 Å². The number of rotatable bonds is 5. The Kier molecular flexibility index (Phi) is 5.04. The van der Waals surface area contributed by atoms with Gasteiger partial charge in [0.1, 0.15) is 17.2 Å². The van der Waals surface area contributed by atoms with E-state index in [1.807, 2.05) is 6.07 Å². The van der Waals surface area contributed by atoms with Gasteiger partial charge in [-0.2, -0.15) is 0 Å². The van der Waals surface area contributed by atoms with E-state index in [1.54, 1.807) is 24.5 Å². The molecule has 146 valence electrons. The summed E-state index contributed by atoms with van der Waals surface area (Å²) in [5.41, 5.74) is 1.44. The van der Waals surface area contributed by atoms with Crippen LogP contribution in [0.5, 0.6) is 5.75 Å². The number of aromatic carboxylic acids is 1. The molecule has 0 aliphatic carbocycles. The van der Waals surface area contributed by atoms with E-state index < -0.39 is 17.8 Å². The third-order valence-electron chi connectivity index (χ3n) is 4.36. The van der Waals surface area contributed by atoms with Crippen molar-refractivity contribution >= 4 is 46.4 Å². The summed E-state index contributed by atoms with van der Waals surface area (Å²) in [7, 11) is 0. The smallest absolute Gasteiger partial charge is 0.346 e. The van der Waals surface area contributed by atoms with Crippen LogP contribution in [0.3, 0.4) is 0 Å². The lowest BCUT2D eigenvalue weighted by atomic mass is 10.0. The number of imide groups is 1. The minimum atomic E-state index is -1.21. The lowest BCUT2D eigenvalue weighted by Gasteiger charge is -2.26. The Morgan fingerprint density at radius 1 is 1.31 bits per heavy atom. The Morgan fingerprint density at radius 3 is 2.86 bits per heavy atom. The number of amides is 2. The zero-order valence-electron chi connectivity index (χ0n) is 14.8. The summed E-state index contributed by atoms with van der Waals surface area (Å²) in [6.45, 7) is 0.245. The summed E-state index contributed by atoms with van der Waals surface area (Å²) >= 11 is 7.18. The number of carboxylic acid groups (broad SMARTS) is 1. The van der Waals surface area contributed by atoms with Crippen molar-refractivity contribution in [3.8, 4) is 5.75 Å². The Labute approximate surface area is 174 Å². The Bertz CT molecular complexity index is 1130. The zero-order valence-corrected chi connectivity index (χ0v) is 16.4. The molecule has 1 aliphatic rings. The number of carbonyl (C=O) groups is 3. The molecule has 0 fully saturated rings. The molecule has 9 heteroatoms. The molecule has 0 unspecified atom stereocenters. The van der Waals surface area contributed by atoms with Crippen molar-refractivity contribution in [3.63, 3.8) is 0 Å². The lowest BCUT2D eigenvalue weighted by Crippen LogP contribution is -2.42. The van der Waals surface area contributed by atoms with E-state index in [-0.39, 0.29) is 34.2 Å². The average molecular weight is 429 g/mol.